The molecule has 1 amide bonds. The zero-order chi connectivity index (χ0) is 21.9. The second-order valence-electron chi connectivity index (χ2n) is 7.07. The molecular formula is C21H26ClN3O4S. The number of anilines is 2. The lowest BCUT2D eigenvalue weighted by Gasteiger charge is -2.34. The van der Waals surface area contributed by atoms with E-state index in [0.29, 0.717) is 23.0 Å². The van der Waals surface area contributed by atoms with Crippen LogP contribution < -0.4 is 19.3 Å². The summed E-state index contributed by atoms with van der Waals surface area (Å²) in [6, 6.07) is 12.7. The standard InChI is InChI=1S/C21H26ClN3O4S/c1-4-24(5-2)17-9-6-15(7-10-17)13-23-21(26)20-14-25(30(3,27)28)18-12-16(22)8-11-19(18)29-20/h6-12,20H,4-5,13-14H2,1-3H3,(H,23,26)/t20-/m1/s1. The summed E-state index contributed by atoms with van der Waals surface area (Å²) >= 11 is 6.00. The van der Waals surface area contributed by atoms with E-state index in [1.54, 1.807) is 12.1 Å². The van der Waals surface area contributed by atoms with Gasteiger partial charge in [0.2, 0.25) is 10.0 Å². The van der Waals surface area contributed by atoms with Crippen LogP contribution in [0.2, 0.25) is 5.02 Å². The summed E-state index contributed by atoms with van der Waals surface area (Å²) < 4.78 is 31.4. The summed E-state index contributed by atoms with van der Waals surface area (Å²) in [5.74, 6) is -0.0723. The van der Waals surface area contributed by atoms with Crippen molar-refractivity contribution in [3.63, 3.8) is 0 Å². The van der Waals surface area contributed by atoms with Crippen LogP contribution in [0, 0.1) is 0 Å². The average Bonchev–Trinajstić information content (AvgIpc) is 2.72. The third-order valence-electron chi connectivity index (χ3n) is 5.01. The molecule has 30 heavy (non-hydrogen) atoms. The number of nitrogens with zero attached hydrogens (tertiary/aromatic N) is 2. The van der Waals surface area contributed by atoms with Crippen LogP contribution in [0.5, 0.6) is 5.75 Å². The van der Waals surface area contributed by atoms with Crippen molar-refractivity contribution in [1.29, 1.82) is 0 Å². The van der Waals surface area contributed by atoms with E-state index in [4.69, 9.17) is 16.3 Å². The van der Waals surface area contributed by atoms with Gasteiger partial charge in [-0.15, -0.1) is 0 Å². The quantitative estimate of drug-likeness (QED) is 0.700. The second kappa shape index (κ2) is 9.14. The van der Waals surface area contributed by atoms with Crippen LogP contribution in [-0.4, -0.2) is 46.3 Å². The number of amides is 1. The Hall–Kier alpha value is -2.45. The van der Waals surface area contributed by atoms with Crippen LogP contribution >= 0.6 is 11.6 Å². The van der Waals surface area contributed by atoms with E-state index in [9.17, 15) is 13.2 Å². The minimum absolute atomic E-state index is 0.112. The topological polar surface area (TPSA) is 79.0 Å². The molecule has 0 aliphatic carbocycles. The lowest BCUT2D eigenvalue weighted by molar-refractivity contribution is -0.127. The van der Waals surface area contributed by atoms with E-state index in [1.807, 2.05) is 24.3 Å². The molecule has 1 aliphatic rings. The zero-order valence-electron chi connectivity index (χ0n) is 17.3. The molecule has 1 N–H and O–H groups in total. The van der Waals surface area contributed by atoms with Gasteiger partial charge in [0, 0.05) is 30.3 Å². The van der Waals surface area contributed by atoms with E-state index < -0.39 is 16.1 Å². The Bertz CT molecular complexity index is 1010. The van der Waals surface area contributed by atoms with Gasteiger partial charge in [-0.2, -0.15) is 0 Å². The van der Waals surface area contributed by atoms with Crippen LogP contribution in [0.25, 0.3) is 0 Å². The molecule has 2 aromatic rings. The van der Waals surface area contributed by atoms with Crippen molar-refractivity contribution in [3.8, 4) is 5.75 Å². The molecule has 3 rings (SSSR count). The van der Waals surface area contributed by atoms with Crippen molar-refractivity contribution in [1.82, 2.24) is 5.32 Å². The van der Waals surface area contributed by atoms with Gasteiger partial charge >= 0.3 is 0 Å². The first kappa shape index (κ1) is 22.2. The number of benzene rings is 2. The minimum Gasteiger partial charge on any atom is -0.476 e. The third kappa shape index (κ3) is 4.99. The van der Waals surface area contributed by atoms with Crippen LogP contribution in [0.1, 0.15) is 19.4 Å². The van der Waals surface area contributed by atoms with Gasteiger partial charge in [0.1, 0.15) is 5.75 Å². The van der Waals surface area contributed by atoms with Crippen molar-refractivity contribution >= 4 is 38.9 Å². The van der Waals surface area contributed by atoms with Gasteiger partial charge in [-0.25, -0.2) is 8.42 Å². The van der Waals surface area contributed by atoms with Crippen molar-refractivity contribution in [2.24, 2.45) is 0 Å². The Balaban J connectivity index is 1.69. The van der Waals surface area contributed by atoms with Crippen molar-refractivity contribution < 1.29 is 17.9 Å². The fourth-order valence-corrected chi connectivity index (χ4v) is 4.46. The Labute approximate surface area is 182 Å². The van der Waals surface area contributed by atoms with Crippen LogP contribution in [0.3, 0.4) is 0 Å². The molecular weight excluding hydrogens is 426 g/mol. The minimum atomic E-state index is -3.60. The number of hydrogen-bond donors (Lipinski definition) is 1. The van der Waals surface area contributed by atoms with Gasteiger partial charge in [-0.3, -0.25) is 9.10 Å². The highest BCUT2D eigenvalue weighted by molar-refractivity contribution is 7.92. The normalized spacial score (nSPS) is 15.9. The summed E-state index contributed by atoms with van der Waals surface area (Å²) in [7, 11) is -3.60. The Morgan fingerprint density at radius 1 is 1.20 bits per heavy atom. The van der Waals surface area contributed by atoms with E-state index in [2.05, 4.69) is 24.1 Å². The second-order valence-corrected chi connectivity index (χ2v) is 9.41. The average molecular weight is 452 g/mol. The molecule has 1 heterocycles. The monoisotopic (exact) mass is 451 g/mol. The molecule has 7 nitrogen and oxygen atoms in total. The van der Waals surface area contributed by atoms with Crippen molar-refractivity contribution in [2.45, 2.75) is 26.5 Å². The molecule has 0 unspecified atom stereocenters. The zero-order valence-corrected chi connectivity index (χ0v) is 18.8. The highest BCUT2D eigenvalue weighted by atomic mass is 35.5. The van der Waals surface area contributed by atoms with Gasteiger partial charge in [0.05, 0.1) is 18.5 Å². The first-order chi connectivity index (χ1) is 14.2. The van der Waals surface area contributed by atoms with Crippen molar-refractivity contribution in [2.75, 3.05) is 35.1 Å². The molecule has 1 atom stereocenters. The third-order valence-corrected chi connectivity index (χ3v) is 6.40. The summed E-state index contributed by atoms with van der Waals surface area (Å²) in [5.41, 5.74) is 2.41. The number of carbonyl (C=O) groups excluding carboxylic acids is 1. The predicted molar refractivity (Wildman–Crippen MR) is 120 cm³/mol. The van der Waals surface area contributed by atoms with E-state index >= 15 is 0 Å². The molecule has 9 heteroatoms. The Morgan fingerprint density at radius 3 is 2.47 bits per heavy atom. The molecule has 0 bridgehead atoms. The Kier molecular flexibility index (Phi) is 6.77. The number of halogens is 1. The largest absolute Gasteiger partial charge is 0.476 e. The smallest absolute Gasteiger partial charge is 0.263 e. The molecule has 1 aliphatic heterocycles. The maximum Gasteiger partial charge on any atom is 0.263 e. The van der Waals surface area contributed by atoms with Crippen LogP contribution in [0.15, 0.2) is 42.5 Å². The maximum atomic E-state index is 12.7. The highest BCUT2D eigenvalue weighted by Gasteiger charge is 2.35. The molecule has 0 fully saturated rings. The first-order valence-electron chi connectivity index (χ1n) is 9.78. The van der Waals surface area contributed by atoms with E-state index in [-0.39, 0.29) is 12.5 Å². The number of rotatable bonds is 7. The number of ether oxygens (including phenoxy) is 1. The van der Waals surface area contributed by atoms with Crippen LogP contribution in [0.4, 0.5) is 11.4 Å². The number of fused-ring (bicyclic) bond motifs is 1. The molecule has 0 saturated carbocycles. The molecule has 0 aromatic heterocycles. The number of nitrogens with one attached hydrogen (secondary N) is 1. The van der Waals surface area contributed by atoms with Crippen LogP contribution in [-0.2, 0) is 21.4 Å². The van der Waals surface area contributed by atoms with Gasteiger partial charge in [0.15, 0.2) is 6.10 Å². The highest BCUT2D eigenvalue weighted by Crippen LogP contribution is 2.37. The number of sulfonamides is 1. The first-order valence-corrected chi connectivity index (χ1v) is 12.0. The SMILES string of the molecule is CCN(CC)c1ccc(CNC(=O)[C@H]2CN(S(C)(=O)=O)c3cc(Cl)ccc3O2)cc1. The molecule has 0 spiro atoms. The number of carbonyl (C=O) groups is 1. The van der Waals surface area contributed by atoms with Gasteiger partial charge in [0.25, 0.3) is 5.91 Å². The fourth-order valence-electron chi connectivity index (χ4n) is 3.39. The van der Waals surface area contributed by atoms with Gasteiger partial charge in [-0.1, -0.05) is 23.7 Å². The summed E-state index contributed by atoms with van der Waals surface area (Å²) in [4.78, 5) is 14.9. The maximum absolute atomic E-state index is 12.7. The summed E-state index contributed by atoms with van der Waals surface area (Å²) in [6.07, 6.45) is 0.137. The van der Waals surface area contributed by atoms with Crippen molar-refractivity contribution in [3.05, 3.63) is 53.1 Å². The number of hydrogen-bond acceptors (Lipinski definition) is 5. The molecule has 0 saturated heterocycles. The molecule has 2 aromatic carbocycles. The van der Waals surface area contributed by atoms with E-state index in [0.717, 1.165) is 34.9 Å². The summed E-state index contributed by atoms with van der Waals surface area (Å²) in [5, 5.41) is 3.23. The summed E-state index contributed by atoms with van der Waals surface area (Å²) in [6.45, 7) is 6.27. The molecule has 0 radical (unpaired) electrons. The lowest BCUT2D eigenvalue weighted by Crippen LogP contribution is -2.50. The van der Waals surface area contributed by atoms with Gasteiger partial charge < -0.3 is 15.0 Å². The Morgan fingerprint density at radius 2 is 1.87 bits per heavy atom. The lowest BCUT2D eigenvalue weighted by atomic mass is 10.1. The van der Waals surface area contributed by atoms with Gasteiger partial charge in [-0.05, 0) is 49.7 Å². The molecule has 162 valence electrons. The predicted octanol–water partition coefficient (Wildman–Crippen LogP) is 3.03. The van der Waals surface area contributed by atoms with E-state index in [1.165, 1.54) is 6.07 Å². The fraction of sp³-hybridized carbons (Fsp3) is 0.381.